The Kier molecular flexibility index (Phi) is 3.73. The minimum absolute atomic E-state index is 0.646. The van der Waals surface area contributed by atoms with Crippen LogP contribution in [0.3, 0.4) is 0 Å². The van der Waals surface area contributed by atoms with E-state index in [9.17, 15) is 0 Å². The number of benzene rings is 1. The van der Waals surface area contributed by atoms with Crippen LogP contribution in [0.15, 0.2) is 28.9 Å². The number of nitrogens with one attached hydrogen (secondary N) is 1. The van der Waals surface area contributed by atoms with Crippen LogP contribution in [0.1, 0.15) is 6.42 Å². The van der Waals surface area contributed by atoms with E-state index < -0.39 is 0 Å². The van der Waals surface area contributed by atoms with Gasteiger partial charge in [-0.3, -0.25) is 0 Å². The second kappa shape index (κ2) is 5.66. The van der Waals surface area contributed by atoms with Crippen LogP contribution in [0.4, 0.5) is 5.82 Å². The van der Waals surface area contributed by atoms with Crippen molar-refractivity contribution in [3.63, 3.8) is 0 Å². The molecule has 0 saturated carbocycles. The summed E-state index contributed by atoms with van der Waals surface area (Å²) in [5.41, 5.74) is 0.887. The van der Waals surface area contributed by atoms with Crippen molar-refractivity contribution >= 4 is 21.7 Å². The minimum atomic E-state index is 0.646. The first-order valence-corrected chi connectivity index (χ1v) is 7.17. The highest BCUT2D eigenvalue weighted by atomic mass is 79.9. The molecule has 0 fully saturated rings. The Bertz CT molecular complexity index is 634. The van der Waals surface area contributed by atoms with Gasteiger partial charge in [-0.2, -0.15) is 0 Å². The Hall–Kier alpha value is -1.82. The van der Waals surface area contributed by atoms with Gasteiger partial charge in [0.25, 0.3) is 0 Å². The molecule has 0 saturated heterocycles. The van der Waals surface area contributed by atoms with Gasteiger partial charge in [0.1, 0.15) is 5.82 Å². The van der Waals surface area contributed by atoms with Crippen molar-refractivity contribution in [2.24, 2.45) is 0 Å². The number of hydrogen-bond donors (Lipinski definition) is 1. The summed E-state index contributed by atoms with van der Waals surface area (Å²) in [6, 6.07) is 5.68. The number of hydrogen-bond acceptors (Lipinski definition) is 5. The SMILES string of the molecule is CNc1ccnc(-c2cc(Br)c3c(c2)OCCCO3)n1. The van der Waals surface area contributed by atoms with E-state index >= 15 is 0 Å². The predicted octanol–water partition coefficient (Wildman–Crippen LogP) is 3.11. The molecule has 6 heteroatoms. The maximum Gasteiger partial charge on any atom is 0.175 e. The van der Waals surface area contributed by atoms with Crippen molar-refractivity contribution in [1.82, 2.24) is 9.97 Å². The molecule has 1 aliphatic heterocycles. The topological polar surface area (TPSA) is 56.3 Å². The summed E-state index contributed by atoms with van der Waals surface area (Å²) in [6.45, 7) is 1.32. The fourth-order valence-corrected chi connectivity index (χ4v) is 2.55. The molecule has 1 aromatic carbocycles. The number of halogens is 1. The van der Waals surface area contributed by atoms with Crippen molar-refractivity contribution in [2.75, 3.05) is 25.6 Å². The van der Waals surface area contributed by atoms with Gasteiger partial charge < -0.3 is 14.8 Å². The number of nitrogens with zero attached hydrogens (tertiary/aromatic N) is 2. The van der Waals surface area contributed by atoms with Crippen molar-refractivity contribution in [2.45, 2.75) is 6.42 Å². The zero-order valence-corrected chi connectivity index (χ0v) is 12.6. The van der Waals surface area contributed by atoms with Gasteiger partial charge in [-0.05, 0) is 34.1 Å². The van der Waals surface area contributed by atoms with Crippen molar-refractivity contribution in [3.8, 4) is 22.9 Å². The number of aromatic nitrogens is 2. The molecule has 0 spiro atoms. The molecule has 0 radical (unpaired) electrons. The third kappa shape index (κ3) is 2.56. The van der Waals surface area contributed by atoms with Gasteiger partial charge in [0, 0.05) is 25.2 Å². The Morgan fingerprint density at radius 2 is 2.10 bits per heavy atom. The molecule has 1 aromatic heterocycles. The highest BCUT2D eigenvalue weighted by Gasteiger charge is 2.17. The van der Waals surface area contributed by atoms with Crippen LogP contribution >= 0.6 is 15.9 Å². The average molecular weight is 336 g/mol. The summed E-state index contributed by atoms with van der Waals surface area (Å²) in [4.78, 5) is 8.74. The Labute approximate surface area is 125 Å². The van der Waals surface area contributed by atoms with Crippen LogP contribution in [0.2, 0.25) is 0 Å². The zero-order chi connectivity index (χ0) is 13.9. The summed E-state index contributed by atoms with van der Waals surface area (Å²) in [6.07, 6.45) is 2.60. The molecule has 3 rings (SSSR count). The van der Waals surface area contributed by atoms with E-state index in [0.29, 0.717) is 19.0 Å². The summed E-state index contributed by atoms with van der Waals surface area (Å²) in [5, 5.41) is 3.01. The van der Waals surface area contributed by atoms with E-state index in [1.807, 2.05) is 25.2 Å². The first-order valence-electron chi connectivity index (χ1n) is 6.38. The monoisotopic (exact) mass is 335 g/mol. The van der Waals surface area contributed by atoms with E-state index in [-0.39, 0.29) is 0 Å². The smallest absolute Gasteiger partial charge is 0.175 e. The molecule has 0 aliphatic carbocycles. The minimum Gasteiger partial charge on any atom is -0.489 e. The van der Waals surface area contributed by atoms with Crippen LogP contribution in [0, 0.1) is 0 Å². The van der Waals surface area contributed by atoms with Gasteiger partial charge in [0.2, 0.25) is 0 Å². The molecule has 2 aromatic rings. The molecular formula is C14H14BrN3O2. The van der Waals surface area contributed by atoms with E-state index in [4.69, 9.17) is 9.47 Å². The molecule has 5 nitrogen and oxygen atoms in total. The summed E-state index contributed by atoms with van der Waals surface area (Å²) in [7, 11) is 1.83. The lowest BCUT2D eigenvalue weighted by Crippen LogP contribution is -1.97. The molecular weight excluding hydrogens is 322 g/mol. The molecule has 0 unspecified atom stereocenters. The van der Waals surface area contributed by atoms with Crippen molar-refractivity contribution in [1.29, 1.82) is 0 Å². The van der Waals surface area contributed by atoms with Crippen molar-refractivity contribution < 1.29 is 9.47 Å². The molecule has 2 heterocycles. The number of fused-ring (bicyclic) bond motifs is 1. The molecule has 0 amide bonds. The average Bonchev–Trinajstić information content (AvgIpc) is 2.73. The first kappa shape index (κ1) is 13.2. The van der Waals surface area contributed by atoms with Gasteiger partial charge in [-0.25, -0.2) is 9.97 Å². The van der Waals surface area contributed by atoms with E-state index in [2.05, 4.69) is 31.2 Å². The molecule has 1 N–H and O–H groups in total. The lowest BCUT2D eigenvalue weighted by atomic mass is 10.2. The molecule has 1 aliphatic rings. The highest BCUT2D eigenvalue weighted by molar-refractivity contribution is 9.10. The number of rotatable bonds is 2. The Balaban J connectivity index is 2.06. The maximum atomic E-state index is 5.72. The molecule has 104 valence electrons. The maximum absolute atomic E-state index is 5.72. The van der Waals surface area contributed by atoms with Crippen LogP contribution in [0.5, 0.6) is 11.5 Å². The highest BCUT2D eigenvalue weighted by Crippen LogP contribution is 2.40. The largest absolute Gasteiger partial charge is 0.489 e. The Morgan fingerprint density at radius 1 is 1.25 bits per heavy atom. The van der Waals surface area contributed by atoms with Crippen LogP contribution in [-0.4, -0.2) is 30.2 Å². The third-order valence-corrected chi connectivity index (χ3v) is 3.56. The molecule has 0 atom stereocenters. The lowest BCUT2D eigenvalue weighted by molar-refractivity contribution is 0.296. The van der Waals surface area contributed by atoms with E-state index in [1.54, 1.807) is 6.20 Å². The normalized spacial score (nSPS) is 13.7. The summed E-state index contributed by atoms with van der Waals surface area (Å²) >= 11 is 3.52. The van der Waals surface area contributed by atoms with Crippen LogP contribution < -0.4 is 14.8 Å². The molecule has 0 bridgehead atoms. The van der Waals surface area contributed by atoms with Gasteiger partial charge in [0.15, 0.2) is 17.3 Å². The van der Waals surface area contributed by atoms with E-state index in [0.717, 1.165) is 33.8 Å². The van der Waals surface area contributed by atoms with Gasteiger partial charge >= 0.3 is 0 Å². The second-order valence-corrected chi connectivity index (χ2v) is 5.21. The van der Waals surface area contributed by atoms with Crippen LogP contribution in [-0.2, 0) is 0 Å². The Morgan fingerprint density at radius 3 is 2.95 bits per heavy atom. The second-order valence-electron chi connectivity index (χ2n) is 4.35. The van der Waals surface area contributed by atoms with Gasteiger partial charge in [0.05, 0.1) is 17.7 Å². The number of anilines is 1. The van der Waals surface area contributed by atoms with Gasteiger partial charge in [-0.15, -0.1) is 0 Å². The lowest BCUT2D eigenvalue weighted by Gasteiger charge is -2.11. The van der Waals surface area contributed by atoms with Crippen LogP contribution in [0.25, 0.3) is 11.4 Å². The predicted molar refractivity (Wildman–Crippen MR) is 80.3 cm³/mol. The number of ether oxygens (including phenoxy) is 2. The molecule has 20 heavy (non-hydrogen) atoms. The summed E-state index contributed by atoms with van der Waals surface area (Å²) < 4.78 is 12.3. The van der Waals surface area contributed by atoms with E-state index in [1.165, 1.54) is 0 Å². The third-order valence-electron chi connectivity index (χ3n) is 2.97. The van der Waals surface area contributed by atoms with Gasteiger partial charge in [-0.1, -0.05) is 0 Å². The quantitative estimate of drug-likeness (QED) is 0.913. The standard InChI is InChI=1S/C14H14BrN3O2/c1-16-12-3-4-17-14(18-12)9-7-10(15)13-11(8-9)19-5-2-6-20-13/h3-4,7-8H,2,5-6H2,1H3,(H,16,17,18). The van der Waals surface area contributed by atoms with Crippen molar-refractivity contribution in [3.05, 3.63) is 28.9 Å². The summed E-state index contributed by atoms with van der Waals surface area (Å²) in [5.74, 6) is 2.90. The fourth-order valence-electron chi connectivity index (χ4n) is 2.00. The fraction of sp³-hybridized carbons (Fsp3) is 0.286. The zero-order valence-electron chi connectivity index (χ0n) is 11.0. The first-order chi connectivity index (χ1) is 9.78.